The SMILES string of the molecule is CC(=O)OCC1O[C@@H](Oc2cc(O)c(C(=O)CCc3ccc([N+](=O)[O-])cc3)c(O)c2)C(OC(C)=O)[C@H](OC(C)=O)[C@@H]1OC(C)=O. The van der Waals surface area contributed by atoms with Gasteiger partial charge in [-0.2, -0.15) is 0 Å². The van der Waals surface area contributed by atoms with Crippen molar-refractivity contribution in [2.45, 2.75) is 71.2 Å². The molecule has 2 unspecified atom stereocenters. The van der Waals surface area contributed by atoms with Crippen molar-refractivity contribution in [2.75, 3.05) is 6.61 Å². The molecule has 45 heavy (non-hydrogen) atoms. The minimum Gasteiger partial charge on any atom is -0.507 e. The molecular weight excluding hydrogens is 602 g/mol. The number of rotatable bonds is 12. The molecule has 0 saturated carbocycles. The molecule has 242 valence electrons. The number of carbonyl (C=O) groups is 5. The summed E-state index contributed by atoms with van der Waals surface area (Å²) < 4.78 is 32.5. The van der Waals surface area contributed by atoms with E-state index in [2.05, 4.69) is 0 Å². The molecule has 1 heterocycles. The fourth-order valence-electron chi connectivity index (χ4n) is 4.53. The summed E-state index contributed by atoms with van der Waals surface area (Å²) in [5, 5.41) is 32.1. The van der Waals surface area contributed by atoms with E-state index in [9.17, 15) is 44.3 Å². The summed E-state index contributed by atoms with van der Waals surface area (Å²) in [5.74, 6) is -5.54. The number of carbonyl (C=O) groups excluding carboxylic acids is 5. The normalized spacial score (nSPS) is 20.8. The maximum absolute atomic E-state index is 12.9. The monoisotopic (exact) mass is 633 g/mol. The van der Waals surface area contributed by atoms with Gasteiger partial charge in [-0.15, -0.1) is 0 Å². The predicted molar refractivity (Wildman–Crippen MR) is 148 cm³/mol. The quantitative estimate of drug-likeness (QED) is 0.112. The van der Waals surface area contributed by atoms with E-state index in [1.165, 1.54) is 24.3 Å². The highest BCUT2D eigenvalue weighted by molar-refractivity contribution is 6.01. The van der Waals surface area contributed by atoms with Crippen LogP contribution in [-0.4, -0.2) is 82.1 Å². The minimum atomic E-state index is -1.65. The molecule has 5 atom stereocenters. The van der Waals surface area contributed by atoms with Crippen LogP contribution in [0.3, 0.4) is 0 Å². The van der Waals surface area contributed by atoms with E-state index < -0.39 is 89.0 Å². The molecule has 2 aromatic carbocycles. The first kappa shape index (κ1) is 34.2. The second-order valence-electron chi connectivity index (χ2n) is 9.87. The summed E-state index contributed by atoms with van der Waals surface area (Å²) in [6.07, 6.45) is -7.48. The van der Waals surface area contributed by atoms with Crippen LogP contribution in [0, 0.1) is 10.1 Å². The van der Waals surface area contributed by atoms with Crippen LogP contribution in [0.1, 0.15) is 50.0 Å². The molecule has 1 aliphatic heterocycles. The maximum atomic E-state index is 12.9. The Kier molecular flexibility index (Phi) is 11.4. The van der Waals surface area contributed by atoms with Crippen molar-refractivity contribution in [1.29, 1.82) is 0 Å². The van der Waals surface area contributed by atoms with Gasteiger partial charge in [0.25, 0.3) is 5.69 Å². The summed E-state index contributed by atoms with van der Waals surface area (Å²) in [4.78, 5) is 70.5. The zero-order valence-electron chi connectivity index (χ0n) is 24.6. The third-order valence-electron chi connectivity index (χ3n) is 6.34. The third-order valence-corrected chi connectivity index (χ3v) is 6.34. The topological polar surface area (TPSA) is 224 Å². The Morgan fingerprint density at radius 3 is 1.87 bits per heavy atom. The van der Waals surface area contributed by atoms with Gasteiger partial charge in [-0.1, -0.05) is 12.1 Å². The molecule has 16 heteroatoms. The number of ether oxygens (including phenoxy) is 6. The van der Waals surface area contributed by atoms with Crippen molar-refractivity contribution in [3.05, 3.63) is 57.6 Å². The lowest BCUT2D eigenvalue weighted by Crippen LogP contribution is -2.63. The first-order chi connectivity index (χ1) is 21.2. The molecule has 2 aromatic rings. The fraction of sp³-hybridized carbons (Fsp3) is 0.414. The number of hydrogen-bond donors (Lipinski definition) is 2. The summed E-state index contributed by atoms with van der Waals surface area (Å²) in [7, 11) is 0. The molecule has 1 fully saturated rings. The Morgan fingerprint density at radius 2 is 1.36 bits per heavy atom. The van der Waals surface area contributed by atoms with Gasteiger partial charge in [-0.05, 0) is 12.0 Å². The highest BCUT2D eigenvalue weighted by atomic mass is 16.7. The molecule has 3 rings (SSSR count). The third kappa shape index (κ3) is 9.37. The highest BCUT2D eigenvalue weighted by Crippen LogP contribution is 2.37. The molecule has 16 nitrogen and oxygen atoms in total. The maximum Gasteiger partial charge on any atom is 0.303 e. The van der Waals surface area contributed by atoms with Gasteiger partial charge in [0.05, 0.1) is 4.92 Å². The van der Waals surface area contributed by atoms with Crippen LogP contribution in [0.4, 0.5) is 5.69 Å². The number of nitro benzene ring substituents is 1. The molecule has 2 N–H and O–H groups in total. The van der Waals surface area contributed by atoms with Gasteiger partial charge in [-0.25, -0.2) is 0 Å². The standard InChI is InChI=1S/C29H31NO15/c1-14(31)40-13-24-26(41-15(2)32)27(42-16(3)33)28(43-17(4)34)29(45-24)44-20-11-22(36)25(23(37)12-20)21(35)10-7-18-5-8-19(9-6-18)30(38)39/h5-6,8-9,11-12,24,26-29,36-37H,7,10,13H2,1-4H3/t24?,26-,27-,28?,29-/m1/s1. The molecule has 1 aliphatic rings. The lowest BCUT2D eigenvalue weighted by molar-refractivity contribution is -0.384. The van der Waals surface area contributed by atoms with E-state index in [-0.39, 0.29) is 24.3 Å². The number of benzene rings is 2. The number of hydrogen-bond acceptors (Lipinski definition) is 15. The highest BCUT2D eigenvalue weighted by Gasteiger charge is 2.53. The van der Waals surface area contributed by atoms with Crippen LogP contribution in [0.2, 0.25) is 0 Å². The largest absolute Gasteiger partial charge is 0.507 e. The van der Waals surface area contributed by atoms with Crippen LogP contribution in [0.5, 0.6) is 17.2 Å². The number of phenolic OH excluding ortho intramolecular Hbond substituents is 2. The summed E-state index contributed by atoms with van der Waals surface area (Å²) in [6.45, 7) is 3.77. The van der Waals surface area contributed by atoms with E-state index in [0.29, 0.717) is 5.56 Å². The average Bonchev–Trinajstić information content (AvgIpc) is 2.93. The van der Waals surface area contributed by atoms with Gasteiger partial charge in [0, 0.05) is 58.4 Å². The van der Waals surface area contributed by atoms with Crippen molar-refractivity contribution in [3.63, 3.8) is 0 Å². The van der Waals surface area contributed by atoms with Crippen LogP contribution in [-0.2, 0) is 49.3 Å². The number of Topliss-reactive ketones (excluding diaryl/α,β-unsaturated/α-hetero) is 1. The Morgan fingerprint density at radius 1 is 0.822 bits per heavy atom. The van der Waals surface area contributed by atoms with E-state index in [0.717, 1.165) is 39.8 Å². The molecule has 0 amide bonds. The van der Waals surface area contributed by atoms with E-state index in [1.807, 2.05) is 0 Å². The van der Waals surface area contributed by atoms with Crippen molar-refractivity contribution in [2.24, 2.45) is 0 Å². The van der Waals surface area contributed by atoms with Crippen molar-refractivity contribution < 1.29 is 67.5 Å². The molecular formula is C29H31NO15. The summed E-state index contributed by atoms with van der Waals surface area (Å²) in [6, 6.07) is 7.49. The molecule has 0 radical (unpaired) electrons. The van der Waals surface area contributed by atoms with Crippen LogP contribution < -0.4 is 4.74 Å². The van der Waals surface area contributed by atoms with Gasteiger partial charge in [0.2, 0.25) is 12.4 Å². The number of phenols is 2. The fourth-order valence-corrected chi connectivity index (χ4v) is 4.53. The Balaban J connectivity index is 1.88. The van der Waals surface area contributed by atoms with Gasteiger partial charge >= 0.3 is 23.9 Å². The van der Waals surface area contributed by atoms with Gasteiger partial charge in [0.1, 0.15) is 35.5 Å². The number of aromatic hydroxyl groups is 2. The molecule has 1 saturated heterocycles. The zero-order valence-corrected chi connectivity index (χ0v) is 24.6. The van der Waals surface area contributed by atoms with Crippen molar-refractivity contribution in [3.8, 4) is 17.2 Å². The molecule has 0 aliphatic carbocycles. The lowest BCUT2D eigenvalue weighted by atomic mass is 9.98. The van der Waals surface area contributed by atoms with Crippen LogP contribution >= 0.6 is 0 Å². The Hall–Kier alpha value is -5.25. The number of nitro groups is 1. The zero-order chi connectivity index (χ0) is 33.4. The van der Waals surface area contributed by atoms with Crippen molar-refractivity contribution >= 4 is 35.3 Å². The van der Waals surface area contributed by atoms with E-state index >= 15 is 0 Å². The number of ketones is 1. The second kappa shape index (κ2) is 15.0. The molecule has 0 spiro atoms. The number of aryl methyl sites for hydroxylation is 1. The van der Waals surface area contributed by atoms with Gasteiger partial charge in [-0.3, -0.25) is 34.1 Å². The summed E-state index contributed by atoms with van der Waals surface area (Å²) >= 11 is 0. The van der Waals surface area contributed by atoms with E-state index in [1.54, 1.807) is 0 Å². The Labute approximate surface area is 255 Å². The first-order valence-corrected chi connectivity index (χ1v) is 13.5. The second-order valence-corrected chi connectivity index (χ2v) is 9.87. The molecule has 0 bridgehead atoms. The van der Waals surface area contributed by atoms with Crippen molar-refractivity contribution in [1.82, 2.24) is 0 Å². The van der Waals surface area contributed by atoms with Gasteiger partial charge in [0.15, 0.2) is 18.0 Å². The lowest BCUT2D eigenvalue weighted by Gasteiger charge is -2.43. The first-order valence-electron chi connectivity index (χ1n) is 13.5. The number of nitrogens with zero attached hydrogens (tertiary/aromatic N) is 1. The summed E-state index contributed by atoms with van der Waals surface area (Å²) in [5.41, 5.74) is 0.0648. The predicted octanol–water partition coefficient (Wildman–Crippen LogP) is 2.28. The minimum absolute atomic E-state index is 0.118. The average molecular weight is 634 g/mol. The van der Waals surface area contributed by atoms with Crippen LogP contribution in [0.25, 0.3) is 0 Å². The van der Waals surface area contributed by atoms with Crippen LogP contribution in [0.15, 0.2) is 36.4 Å². The van der Waals surface area contributed by atoms with Gasteiger partial charge < -0.3 is 38.6 Å². The van der Waals surface area contributed by atoms with E-state index in [4.69, 9.17) is 28.4 Å². The molecule has 0 aromatic heterocycles. The Bertz CT molecular complexity index is 1430. The smallest absolute Gasteiger partial charge is 0.303 e. The number of esters is 4. The number of non-ortho nitro benzene ring substituents is 1.